The highest BCUT2D eigenvalue weighted by atomic mass is 19.1. The minimum absolute atomic E-state index is 0.270. The molecule has 72 valence electrons. The Morgan fingerprint density at radius 3 is 2.69 bits per heavy atom. The van der Waals surface area contributed by atoms with Crippen LogP contribution in [0.3, 0.4) is 0 Å². The second-order valence-electron chi connectivity index (χ2n) is 3.56. The number of benzene rings is 1. The summed E-state index contributed by atoms with van der Waals surface area (Å²) in [6.45, 7) is 3.19. The van der Waals surface area contributed by atoms with Crippen molar-refractivity contribution in [2.75, 3.05) is 6.61 Å². The molecule has 3 heteroatoms. The molecule has 0 fully saturated rings. The van der Waals surface area contributed by atoms with E-state index < -0.39 is 5.54 Å². The number of hydrogen-bond donors (Lipinski definition) is 2. The molecule has 0 aliphatic rings. The quantitative estimate of drug-likeness (QED) is 0.726. The number of aliphatic hydroxyl groups excluding tert-OH is 1. The van der Waals surface area contributed by atoms with E-state index >= 15 is 0 Å². The summed E-state index contributed by atoms with van der Waals surface area (Å²) in [5.41, 5.74) is 6.00. The first kappa shape index (κ1) is 10.2. The molecule has 13 heavy (non-hydrogen) atoms. The van der Waals surface area contributed by atoms with Crippen LogP contribution < -0.4 is 5.73 Å². The Balaban J connectivity index is 3.20. The molecule has 3 N–H and O–H groups in total. The fourth-order valence-electron chi connectivity index (χ4n) is 1.16. The first-order chi connectivity index (χ1) is 5.97. The third kappa shape index (κ3) is 2.05. The fraction of sp³-hybridized carbons (Fsp3) is 0.400. The van der Waals surface area contributed by atoms with Gasteiger partial charge in [-0.3, -0.25) is 0 Å². The largest absolute Gasteiger partial charge is 0.394 e. The summed E-state index contributed by atoms with van der Waals surface area (Å²) in [5.74, 6) is -0.371. The van der Waals surface area contributed by atoms with Gasteiger partial charge in [-0.25, -0.2) is 4.39 Å². The van der Waals surface area contributed by atoms with Crippen molar-refractivity contribution in [2.24, 2.45) is 5.73 Å². The summed E-state index contributed by atoms with van der Waals surface area (Å²) >= 11 is 0. The predicted molar refractivity (Wildman–Crippen MR) is 49.8 cm³/mol. The molecule has 1 aromatic rings. The molecule has 0 unspecified atom stereocenters. The number of nitrogens with two attached hydrogens (primary N) is 1. The molecule has 0 spiro atoms. The van der Waals surface area contributed by atoms with Gasteiger partial charge in [0, 0.05) is 5.56 Å². The van der Waals surface area contributed by atoms with Crippen molar-refractivity contribution in [2.45, 2.75) is 19.4 Å². The van der Waals surface area contributed by atoms with Gasteiger partial charge in [0.05, 0.1) is 12.1 Å². The lowest BCUT2D eigenvalue weighted by Crippen LogP contribution is -2.37. The zero-order valence-electron chi connectivity index (χ0n) is 7.84. The molecule has 0 saturated heterocycles. The van der Waals surface area contributed by atoms with Crippen molar-refractivity contribution in [1.82, 2.24) is 0 Å². The van der Waals surface area contributed by atoms with Crippen LogP contribution in [0.5, 0.6) is 0 Å². The van der Waals surface area contributed by atoms with Gasteiger partial charge in [-0.2, -0.15) is 0 Å². The fourth-order valence-corrected chi connectivity index (χ4v) is 1.16. The van der Waals surface area contributed by atoms with Gasteiger partial charge < -0.3 is 10.8 Å². The molecule has 0 heterocycles. The van der Waals surface area contributed by atoms with Gasteiger partial charge in [0.2, 0.25) is 0 Å². The van der Waals surface area contributed by atoms with E-state index in [1.54, 1.807) is 19.1 Å². The summed E-state index contributed by atoms with van der Waals surface area (Å²) in [4.78, 5) is 0. The second-order valence-corrected chi connectivity index (χ2v) is 3.56. The van der Waals surface area contributed by atoms with Gasteiger partial charge in [0.15, 0.2) is 0 Å². The molecule has 1 rings (SSSR count). The molecule has 0 saturated carbocycles. The number of rotatable bonds is 2. The van der Waals surface area contributed by atoms with Gasteiger partial charge in [0.1, 0.15) is 5.82 Å². The maximum atomic E-state index is 13.3. The van der Waals surface area contributed by atoms with Gasteiger partial charge in [-0.15, -0.1) is 0 Å². The molecule has 0 aliphatic carbocycles. The van der Waals surface area contributed by atoms with E-state index in [1.807, 2.05) is 6.92 Å². The number of halogens is 1. The van der Waals surface area contributed by atoms with E-state index in [0.717, 1.165) is 5.56 Å². The third-order valence-electron chi connectivity index (χ3n) is 2.07. The number of aryl methyl sites for hydroxylation is 1. The Hall–Kier alpha value is -0.930. The molecule has 0 amide bonds. The van der Waals surface area contributed by atoms with Crippen LogP contribution in [-0.2, 0) is 5.54 Å². The van der Waals surface area contributed by atoms with Crippen LogP contribution in [0.15, 0.2) is 18.2 Å². The monoisotopic (exact) mass is 183 g/mol. The minimum Gasteiger partial charge on any atom is -0.394 e. The number of aliphatic hydroxyl groups is 1. The molecule has 1 atom stereocenters. The first-order valence-electron chi connectivity index (χ1n) is 4.14. The summed E-state index contributed by atoms with van der Waals surface area (Å²) in [6.07, 6.45) is 0. The van der Waals surface area contributed by atoms with Crippen LogP contribution >= 0.6 is 0 Å². The Morgan fingerprint density at radius 1 is 1.54 bits per heavy atom. The van der Waals surface area contributed by atoms with E-state index in [9.17, 15) is 4.39 Å². The highest BCUT2D eigenvalue weighted by Crippen LogP contribution is 2.21. The van der Waals surface area contributed by atoms with Crippen molar-refractivity contribution in [3.05, 3.63) is 35.1 Å². The first-order valence-corrected chi connectivity index (χ1v) is 4.14. The van der Waals surface area contributed by atoms with Crippen molar-refractivity contribution in [1.29, 1.82) is 0 Å². The van der Waals surface area contributed by atoms with Crippen molar-refractivity contribution in [3.63, 3.8) is 0 Å². The van der Waals surface area contributed by atoms with Crippen LogP contribution in [-0.4, -0.2) is 11.7 Å². The Bertz CT molecular complexity index is 310. The normalized spacial score (nSPS) is 15.5. The molecular formula is C10H14FNO. The lowest BCUT2D eigenvalue weighted by atomic mass is 9.92. The zero-order valence-corrected chi connectivity index (χ0v) is 7.84. The highest BCUT2D eigenvalue weighted by Gasteiger charge is 2.23. The predicted octanol–water partition coefficient (Wildman–Crippen LogP) is 1.30. The van der Waals surface area contributed by atoms with Crippen LogP contribution in [0, 0.1) is 12.7 Å². The Labute approximate surface area is 77.2 Å². The topological polar surface area (TPSA) is 46.2 Å². The SMILES string of the molecule is Cc1ccc(F)c([C@](C)(N)CO)c1. The lowest BCUT2D eigenvalue weighted by Gasteiger charge is -2.23. The zero-order chi connectivity index (χ0) is 10.1. The Morgan fingerprint density at radius 2 is 2.15 bits per heavy atom. The van der Waals surface area contributed by atoms with E-state index in [0.29, 0.717) is 5.56 Å². The molecule has 0 aliphatic heterocycles. The van der Waals surface area contributed by atoms with E-state index in [4.69, 9.17) is 10.8 Å². The van der Waals surface area contributed by atoms with Gasteiger partial charge in [0.25, 0.3) is 0 Å². The molecule has 0 bridgehead atoms. The summed E-state index contributed by atoms with van der Waals surface area (Å²) in [7, 11) is 0. The van der Waals surface area contributed by atoms with E-state index in [1.165, 1.54) is 6.07 Å². The van der Waals surface area contributed by atoms with E-state index in [-0.39, 0.29) is 12.4 Å². The van der Waals surface area contributed by atoms with Gasteiger partial charge in [-0.1, -0.05) is 17.7 Å². The molecule has 0 aromatic heterocycles. The van der Waals surface area contributed by atoms with Crippen LogP contribution in [0.2, 0.25) is 0 Å². The molecular weight excluding hydrogens is 169 g/mol. The van der Waals surface area contributed by atoms with E-state index in [2.05, 4.69) is 0 Å². The van der Waals surface area contributed by atoms with Crippen LogP contribution in [0.25, 0.3) is 0 Å². The molecule has 0 radical (unpaired) electrons. The minimum atomic E-state index is -1.00. The second kappa shape index (κ2) is 3.44. The smallest absolute Gasteiger partial charge is 0.128 e. The maximum absolute atomic E-state index is 13.3. The average molecular weight is 183 g/mol. The summed E-state index contributed by atoms with van der Waals surface area (Å²) in [6, 6.07) is 4.70. The van der Waals surface area contributed by atoms with Crippen LogP contribution in [0.1, 0.15) is 18.1 Å². The molecule has 2 nitrogen and oxygen atoms in total. The third-order valence-corrected chi connectivity index (χ3v) is 2.07. The average Bonchev–Trinajstić information content (AvgIpc) is 2.09. The van der Waals surface area contributed by atoms with Crippen molar-refractivity contribution >= 4 is 0 Å². The summed E-state index contributed by atoms with van der Waals surface area (Å²) in [5, 5.41) is 8.97. The molecule has 1 aromatic carbocycles. The maximum Gasteiger partial charge on any atom is 0.128 e. The number of hydrogen-bond acceptors (Lipinski definition) is 2. The summed E-state index contributed by atoms with van der Waals surface area (Å²) < 4.78 is 13.3. The van der Waals surface area contributed by atoms with Crippen molar-refractivity contribution < 1.29 is 9.50 Å². The lowest BCUT2D eigenvalue weighted by molar-refractivity contribution is 0.206. The van der Waals surface area contributed by atoms with Gasteiger partial charge in [-0.05, 0) is 19.9 Å². The Kier molecular flexibility index (Phi) is 2.68. The van der Waals surface area contributed by atoms with Gasteiger partial charge >= 0.3 is 0 Å². The highest BCUT2D eigenvalue weighted by molar-refractivity contribution is 5.29. The van der Waals surface area contributed by atoms with Crippen LogP contribution in [0.4, 0.5) is 4.39 Å². The standard InChI is InChI=1S/C10H14FNO/c1-7-3-4-9(11)8(5-7)10(2,12)6-13/h3-5,13H,6,12H2,1-2H3/t10-/m1/s1. The van der Waals surface area contributed by atoms with Crippen molar-refractivity contribution in [3.8, 4) is 0 Å².